The number of imidazole rings is 1. The first-order valence-corrected chi connectivity index (χ1v) is 14.2. The number of amides is 3. The van der Waals surface area contributed by atoms with Crippen LogP contribution in [0.3, 0.4) is 0 Å². The summed E-state index contributed by atoms with van der Waals surface area (Å²) in [6.45, 7) is 1.69. The van der Waals surface area contributed by atoms with Crippen LogP contribution in [0.4, 0.5) is 20.6 Å². The number of hydrogen-bond donors (Lipinski definition) is 4. The van der Waals surface area contributed by atoms with Gasteiger partial charge in [-0.05, 0) is 68.4 Å². The van der Waals surface area contributed by atoms with Crippen molar-refractivity contribution in [2.75, 3.05) is 17.7 Å². The zero-order chi connectivity index (χ0) is 30.2. The molecule has 1 saturated carbocycles. The Balaban J connectivity index is 1.30. The molecular formula is C30H29ClFN7O4. The van der Waals surface area contributed by atoms with Gasteiger partial charge in [-0.25, -0.2) is 18.9 Å². The summed E-state index contributed by atoms with van der Waals surface area (Å²) in [6.07, 6.45) is 5.19. The number of fused-ring (bicyclic) bond motifs is 5. The van der Waals surface area contributed by atoms with Crippen molar-refractivity contribution in [3.63, 3.8) is 0 Å². The third kappa shape index (κ3) is 5.82. The normalized spacial score (nSPS) is 19.4. The summed E-state index contributed by atoms with van der Waals surface area (Å²) in [5.41, 5.74) is 3.04. The molecule has 3 atom stereocenters. The number of benzene rings is 2. The molecule has 2 aromatic carbocycles. The zero-order valence-corrected chi connectivity index (χ0v) is 24.2. The lowest BCUT2D eigenvalue weighted by Crippen LogP contribution is -2.30. The average Bonchev–Trinajstić information content (AvgIpc) is 3.33. The molecule has 2 unspecified atom stereocenters. The SMILES string of the molecule is COC(=O)Nc1ccc2c(c1)NC(=O)CC1CC1CC[C@H](NC(=O)c1cnn(-c3cccc(Cl)c3F)c1C)c1nc-2c[nH]1. The van der Waals surface area contributed by atoms with Gasteiger partial charge in [0.05, 0.1) is 47.0 Å². The number of carbonyl (C=O) groups excluding carboxylic acids is 3. The van der Waals surface area contributed by atoms with Gasteiger partial charge in [0, 0.05) is 23.9 Å². The van der Waals surface area contributed by atoms with Crippen LogP contribution in [0.5, 0.6) is 0 Å². The lowest BCUT2D eigenvalue weighted by molar-refractivity contribution is -0.116. The maximum atomic E-state index is 14.7. The summed E-state index contributed by atoms with van der Waals surface area (Å²) in [5, 5.41) is 12.9. The minimum absolute atomic E-state index is 0.0381. The minimum Gasteiger partial charge on any atom is -0.453 e. The van der Waals surface area contributed by atoms with Gasteiger partial charge in [-0.1, -0.05) is 17.7 Å². The molecule has 11 nitrogen and oxygen atoms in total. The van der Waals surface area contributed by atoms with E-state index in [2.05, 4.69) is 30.8 Å². The van der Waals surface area contributed by atoms with E-state index in [-0.39, 0.29) is 28.4 Å². The molecular weight excluding hydrogens is 577 g/mol. The van der Waals surface area contributed by atoms with Crippen LogP contribution in [0.1, 0.15) is 53.6 Å². The van der Waals surface area contributed by atoms with E-state index in [9.17, 15) is 18.8 Å². The number of hydrogen-bond acceptors (Lipinski definition) is 6. The van der Waals surface area contributed by atoms with Crippen LogP contribution in [-0.2, 0) is 9.53 Å². The molecule has 1 aliphatic carbocycles. The van der Waals surface area contributed by atoms with Gasteiger partial charge >= 0.3 is 6.09 Å². The molecule has 4 N–H and O–H groups in total. The van der Waals surface area contributed by atoms with E-state index in [1.165, 1.54) is 24.1 Å². The Morgan fingerprint density at radius 3 is 2.84 bits per heavy atom. The van der Waals surface area contributed by atoms with Crippen molar-refractivity contribution in [2.45, 2.75) is 38.6 Å². The molecule has 222 valence electrons. The molecule has 3 amide bonds. The number of aromatic amines is 1. The van der Waals surface area contributed by atoms with Gasteiger partial charge in [-0.2, -0.15) is 5.10 Å². The third-order valence-electron chi connectivity index (χ3n) is 7.99. The molecule has 0 radical (unpaired) electrons. The van der Waals surface area contributed by atoms with E-state index in [0.29, 0.717) is 58.5 Å². The van der Waals surface area contributed by atoms with Gasteiger partial charge < -0.3 is 20.4 Å². The summed E-state index contributed by atoms with van der Waals surface area (Å²) in [5.74, 6) is 0.0358. The second-order valence-electron chi connectivity index (χ2n) is 10.8. The first-order valence-electron chi connectivity index (χ1n) is 13.9. The third-order valence-corrected chi connectivity index (χ3v) is 8.28. The highest BCUT2D eigenvalue weighted by molar-refractivity contribution is 6.30. The molecule has 2 aliphatic rings. The zero-order valence-electron chi connectivity index (χ0n) is 23.4. The summed E-state index contributed by atoms with van der Waals surface area (Å²) in [7, 11) is 1.27. The molecule has 2 bridgehead atoms. The number of aromatic nitrogens is 4. The van der Waals surface area contributed by atoms with Gasteiger partial charge in [0.1, 0.15) is 11.5 Å². The Bertz CT molecular complexity index is 1730. The maximum absolute atomic E-state index is 14.7. The van der Waals surface area contributed by atoms with Crippen molar-refractivity contribution in [2.24, 2.45) is 11.8 Å². The number of carbonyl (C=O) groups is 3. The smallest absolute Gasteiger partial charge is 0.411 e. The first-order chi connectivity index (χ1) is 20.7. The number of rotatable bonds is 4. The Morgan fingerprint density at radius 2 is 2.02 bits per heavy atom. The summed E-state index contributed by atoms with van der Waals surface area (Å²) in [6, 6.07) is 9.25. The number of methoxy groups -OCH3 is 1. The second-order valence-corrected chi connectivity index (χ2v) is 11.2. The van der Waals surface area contributed by atoms with Gasteiger partial charge in [0.25, 0.3) is 5.91 Å². The molecule has 0 spiro atoms. The molecule has 4 aromatic rings. The quantitative estimate of drug-likeness (QED) is 0.232. The fraction of sp³-hybridized carbons (Fsp3) is 0.300. The molecule has 1 aliphatic heterocycles. The predicted molar refractivity (Wildman–Crippen MR) is 158 cm³/mol. The Labute approximate surface area is 251 Å². The Hall–Kier alpha value is -4.71. The fourth-order valence-corrected chi connectivity index (χ4v) is 5.72. The highest BCUT2D eigenvalue weighted by Crippen LogP contribution is 2.46. The topological polar surface area (TPSA) is 143 Å². The van der Waals surface area contributed by atoms with E-state index in [1.54, 1.807) is 43.5 Å². The van der Waals surface area contributed by atoms with Crippen LogP contribution in [0, 0.1) is 24.6 Å². The summed E-state index contributed by atoms with van der Waals surface area (Å²) in [4.78, 5) is 46.2. The van der Waals surface area contributed by atoms with E-state index in [4.69, 9.17) is 16.6 Å². The van der Waals surface area contributed by atoms with Crippen LogP contribution in [0.15, 0.2) is 48.8 Å². The highest BCUT2D eigenvalue weighted by atomic mass is 35.5. The largest absolute Gasteiger partial charge is 0.453 e. The Kier molecular flexibility index (Phi) is 7.61. The number of ether oxygens (including phenoxy) is 1. The van der Waals surface area contributed by atoms with Crippen LogP contribution in [0.25, 0.3) is 16.9 Å². The van der Waals surface area contributed by atoms with Crippen molar-refractivity contribution in [1.29, 1.82) is 0 Å². The van der Waals surface area contributed by atoms with E-state index >= 15 is 0 Å². The van der Waals surface area contributed by atoms with E-state index in [1.807, 2.05) is 0 Å². The van der Waals surface area contributed by atoms with E-state index < -0.39 is 18.0 Å². The fourth-order valence-electron chi connectivity index (χ4n) is 5.55. The Morgan fingerprint density at radius 1 is 1.19 bits per heavy atom. The predicted octanol–water partition coefficient (Wildman–Crippen LogP) is 5.77. The number of anilines is 2. The van der Waals surface area contributed by atoms with Crippen LogP contribution < -0.4 is 16.0 Å². The first kappa shape index (κ1) is 28.4. The average molecular weight is 606 g/mol. The molecule has 0 saturated heterocycles. The van der Waals surface area contributed by atoms with Gasteiger partial charge in [0.2, 0.25) is 5.91 Å². The van der Waals surface area contributed by atoms with Crippen LogP contribution >= 0.6 is 11.6 Å². The van der Waals surface area contributed by atoms with Crippen molar-refractivity contribution < 1.29 is 23.5 Å². The summed E-state index contributed by atoms with van der Waals surface area (Å²) >= 11 is 5.96. The number of nitrogens with zero attached hydrogens (tertiary/aromatic N) is 3. The van der Waals surface area contributed by atoms with Crippen molar-refractivity contribution in [3.8, 4) is 16.9 Å². The molecule has 2 aromatic heterocycles. The maximum Gasteiger partial charge on any atom is 0.411 e. The van der Waals surface area contributed by atoms with Crippen molar-refractivity contribution in [1.82, 2.24) is 25.1 Å². The van der Waals surface area contributed by atoms with Crippen LogP contribution in [0.2, 0.25) is 5.02 Å². The number of H-pyrrole nitrogens is 1. The van der Waals surface area contributed by atoms with Crippen molar-refractivity contribution >= 4 is 40.9 Å². The second kappa shape index (κ2) is 11.5. The lowest BCUT2D eigenvalue weighted by Gasteiger charge is -2.17. The van der Waals surface area contributed by atoms with Gasteiger partial charge in [-0.3, -0.25) is 14.9 Å². The van der Waals surface area contributed by atoms with Crippen LogP contribution in [-0.4, -0.2) is 44.8 Å². The molecule has 43 heavy (non-hydrogen) atoms. The highest BCUT2D eigenvalue weighted by Gasteiger charge is 2.39. The molecule has 13 heteroatoms. The molecule has 3 heterocycles. The van der Waals surface area contributed by atoms with Gasteiger partial charge in [-0.15, -0.1) is 0 Å². The minimum atomic E-state index is -0.629. The van der Waals surface area contributed by atoms with Crippen molar-refractivity contribution in [3.05, 3.63) is 76.7 Å². The molecule has 6 rings (SSSR count). The lowest BCUT2D eigenvalue weighted by atomic mass is 10.1. The molecule has 1 fully saturated rings. The monoisotopic (exact) mass is 605 g/mol. The number of halogens is 2. The summed E-state index contributed by atoms with van der Waals surface area (Å²) < 4.78 is 20.7. The number of nitrogens with one attached hydrogen (secondary N) is 4. The van der Waals surface area contributed by atoms with E-state index in [0.717, 1.165) is 12.8 Å². The van der Waals surface area contributed by atoms with Gasteiger partial charge in [0.15, 0.2) is 5.82 Å². The standard InChI is InChI=1S/C30H29ClFN7O4/c1-15-20(13-34-39(15)25-5-3-4-21(31)27(25)32)29(41)38-22-9-6-16-10-17(16)11-26(40)36-23-12-18(35-30(42)43-2)7-8-19(23)24-14-33-28(22)37-24/h3-5,7-8,12-14,16-17,22H,6,9-11H2,1-2H3,(H,33,37)(H,35,42)(H,36,40)(H,38,41)/t16?,17?,22-/m0/s1.